The second kappa shape index (κ2) is 5.06. The summed E-state index contributed by atoms with van der Waals surface area (Å²) in [7, 11) is 0. The Morgan fingerprint density at radius 1 is 1.17 bits per heavy atom. The van der Waals surface area contributed by atoms with Gasteiger partial charge in [0, 0.05) is 16.8 Å². The summed E-state index contributed by atoms with van der Waals surface area (Å²) in [6.45, 7) is 1.98. The first-order valence-corrected chi connectivity index (χ1v) is 5.72. The highest BCUT2D eigenvalue weighted by Gasteiger charge is 2.14. The van der Waals surface area contributed by atoms with Crippen molar-refractivity contribution in [3.63, 3.8) is 0 Å². The number of hydrogen-bond donors (Lipinski definition) is 1. The van der Waals surface area contributed by atoms with E-state index in [0.717, 1.165) is 11.3 Å². The van der Waals surface area contributed by atoms with Gasteiger partial charge in [0.1, 0.15) is 5.69 Å². The molecule has 0 aliphatic heterocycles. The number of aryl methyl sites for hydroxylation is 1. The summed E-state index contributed by atoms with van der Waals surface area (Å²) in [6.07, 6.45) is 0. The molecule has 0 aliphatic carbocycles. The minimum atomic E-state index is -0.456. The molecule has 0 aliphatic rings. The molecule has 4 nitrogen and oxygen atoms in total. The summed E-state index contributed by atoms with van der Waals surface area (Å²) < 4.78 is 0. The van der Waals surface area contributed by atoms with Gasteiger partial charge in [0.25, 0.3) is 5.69 Å². The van der Waals surface area contributed by atoms with Crippen LogP contribution < -0.4 is 5.32 Å². The third-order valence-corrected chi connectivity index (χ3v) is 2.72. The second-order valence-electron chi connectivity index (χ2n) is 3.91. The number of rotatable bonds is 3. The highest BCUT2D eigenvalue weighted by Crippen LogP contribution is 2.30. The van der Waals surface area contributed by atoms with Gasteiger partial charge in [0.15, 0.2) is 0 Å². The smallest absolute Gasteiger partial charge is 0.294 e. The molecular formula is C13H11ClN2O2. The van der Waals surface area contributed by atoms with Crippen LogP contribution in [0.2, 0.25) is 5.02 Å². The Morgan fingerprint density at radius 3 is 2.44 bits per heavy atom. The zero-order valence-corrected chi connectivity index (χ0v) is 10.4. The molecule has 2 aromatic carbocycles. The lowest BCUT2D eigenvalue weighted by atomic mass is 10.2. The van der Waals surface area contributed by atoms with E-state index in [1.54, 1.807) is 12.1 Å². The summed E-state index contributed by atoms with van der Waals surface area (Å²) in [5.74, 6) is 0. The molecule has 0 spiro atoms. The molecule has 0 heterocycles. The largest absolute Gasteiger partial charge is 0.350 e. The van der Waals surface area contributed by atoms with Gasteiger partial charge in [-0.15, -0.1) is 0 Å². The van der Waals surface area contributed by atoms with Crippen molar-refractivity contribution in [3.05, 3.63) is 63.2 Å². The molecule has 5 heteroatoms. The summed E-state index contributed by atoms with van der Waals surface area (Å²) in [5.41, 5.74) is 2.31. The lowest BCUT2D eigenvalue weighted by molar-refractivity contribution is -0.383. The molecule has 0 aromatic heterocycles. The van der Waals surface area contributed by atoms with Gasteiger partial charge >= 0.3 is 0 Å². The molecule has 92 valence electrons. The van der Waals surface area contributed by atoms with Gasteiger partial charge in [-0.2, -0.15) is 0 Å². The van der Waals surface area contributed by atoms with Gasteiger partial charge in [-0.3, -0.25) is 10.1 Å². The Kier molecular flexibility index (Phi) is 3.48. The number of anilines is 2. The van der Waals surface area contributed by atoms with E-state index in [2.05, 4.69) is 5.32 Å². The van der Waals surface area contributed by atoms with Crippen LogP contribution in [0.15, 0.2) is 42.5 Å². The molecular weight excluding hydrogens is 252 g/mol. The summed E-state index contributed by atoms with van der Waals surface area (Å²) >= 11 is 5.75. The van der Waals surface area contributed by atoms with E-state index in [-0.39, 0.29) is 5.69 Å². The Balaban J connectivity index is 2.34. The standard InChI is InChI=1S/C13H11ClN2O2/c1-9-2-5-11(6-3-9)15-12-7-4-10(14)8-13(12)16(17)18/h2-8,15H,1H3. The molecule has 0 saturated carbocycles. The van der Waals surface area contributed by atoms with Crippen LogP contribution in [0.5, 0.6) is 0 Å². The quantitative estimate of drug-likeness (QED) is 0.663. The monoisotopic (exact) mass is 262 g/mol. The third-order valence-electron chi connectivity index (χ3n) is 2.49. The molecule has 0 unspecified atom stereocenters. The molecule has 0 atom stereocenters. The van der Waals surface area contributed by atoms with E-state index in [1.807, 2.05) is 31.2 Å². The number of hydrogen-bond acceptors (Lipinski definition) is 3. The number of nitrogens with zero attached hydrogens (tertiary/aromatic N) is 1. The predicted molar refractivity (Wildman–Crippen MR) is 72.6 cm³/mol. The van der Waals surface area contributed by atoms with Gasteiger partial charge in [0.05, 0.1) is 4.92 Å². The lowest BCUT2D eigenvalue weighted by Gasteiger charge is -2.07. The summed E-state index contributed by atoms with van der Waals surface area (Å²) in [4.78, 5) is 10.5. The van der Waals surface area contributed by atoms with Crippen LogP contribution in [0.3, 0.4) is 0 Å². The molecule has 0 amide bonds. The number of halogens is 1. The van der Waals surface area contributed by atoms with Crippen molar-refractivity contribution < 1.29 is 4.92 Å². The van der Waals surface area contributed by atoms with E-state index >= 15 is 0 Å². The number of benzene rings is 2. The van der Waals surface area contributed by atoms with Crippen LogP contribution in [0.1, 0.15) is 5.56 Å². The van der Waals surface area contributed by atoms with Gasteiger partial charge in [-0.1, -0.05) is 29.3 Å². The highest BCUT2D eigenvalue weighted by atomic mass is 35.5. The maximum atomic E-state index is 10.9. The van der Waals surface area contributed by atoms with Crippen LogP contribution >= 0.6 is 11.6 Å². The van der Waals surface area contributed by atoms with Crippen LogP contribution in [0.4, 0.5) is 17.1 Å². The Labute approximate surface area is 109 Å². The van der Waals surface area contributed by atoms with E-state index in [4.69, 9.17) is 11.6 Å². The maximum absolute atomic E-state index is 10.9. The topological polar surface area (TPSA) is 55.2 Å². The first kappa shape index (κ1) is 12.4. The zero-order chi connectivity index (χ0) is 13.1. The predicted octanol–water partition coefficient (Wildman–Crippen LogP) is 4.30. The molecule has 1 N–H and O–H groups in total. The van der Waals surface area contributed by atoms with Crippen molar-refractivity contribution in [2.24, 2.45) is 0 Å². The fourth-order valence-electron chi connectivity index (χ4n) is 1.55. The third kappa shape index (κ3) is 2.78. The van der Waals surface area contributed by atoms with Crippen molar-refractivity contribution in [1.29, 1.82) is 0 Å². The summed E-state index contributed by atoms with van der Waals surface area (Å²) in [5, 5.41) is 14.3. The van der Waals surface area contributed by atoms with E-state index in [0.29, 0.717) is 10.7 Å². The fraction of sp³-hybridized carbons (Fsp3) is 0.0769. The Bertz CT molecular complexity index is 582. The van der Waals surface area contributed by atoms with E-state index in [1.165, 1.54) is 6.07 Å². The van der Waals surface area contributed by atoms with Crippen LogP contribution in [-0.2, 0) is 0 Å². The first-order chi connectivity index (χ1) is 8.56. The molecule has 0 radical (unpaired) electrons. The van der Waals surface area contributed by atoms with Crippen molar-refractivity contribution in [2.45, 2.75) is 6.92 Å². The lowest BCUT2D eigenvalue weighted by Crippen LogP contribution is -1.96. The number of nitro benzene ring substituents is 1. The number of nitro groups is 1. The first-order valence-electron chi connectivity index (χ1n) is 5.34. The van der Waals surface area contributed by atoms with E-state index < -0.39 is 4.92 Å². The average Bonchev–Trinajstić information content (AvgIpc) is 2.34. The molecule has 2 rings (SSSR count). The van der Waals surface area contributed by atoms with Crippen molar-refractivity contribution in [3.8, 4) is 0 Å². The Hall–Kier alpha value is -2.07. The van der Waals surface area contributed by atoms with Crippen molar-refractivity contribution in [2.75, 3.05) is 5.32 Å². The minimum Gasteiger partial charge on any atom is -0.350 e. The van der Waals surface area contributed by atoms with Crippen molar-refractivity contribution >= 4 is 28.7 Å². The SMILES string of the molecule is Cc1ccc(Nc2ccc(Cl)cc2[N+](=O)[O-])cc1. The Morgan fingerprint density at radius 2 is 1.83 bits per heavy atom. The molecule has 0 fully saturated rings. The highest BCUT2D eigenvalue weighted by molar-refractivity contribution is 6.30. The normalized spacial score (nSPS) is 10.1. The van der Waals surface area contributed by atoms with Gasteiger partial charge in [0.2, 0.25) is 0 Å². The molecule has 0 bridgehead atoms. The minimum absolute atomic E-state index is 0.0388. The zero-order valence-electron chi connectivity index (χ0n) is 9.68. The van der Waals surface area contributed by atoms with Crippen molar-refractivity contribution in [1.82, 2.24) is 0 Å². The van der Waals surface area contributed by atoms with Crippen LogP contribution in [-0.4, -0.2) is 4.92 Å². The second-order valence-corrected chi connectivity index (χ2v) is 4.35. The van der Waals surface area contributed by atoms with Crippen LogP contribution in [0, 0.1) is 17.0 Å². The molecule has 0 saturated heterocycles. The van der Waals surface area contributed by atoms with Gasteiger partial charge in [-0.25, -0.2) is 0 Å². The fourth-order valence-corrected chi connectivity index (χ4v) is 1.72. The molecule has 2 aromatic rings. The summed E-state index contributed by atoms with van der Waals surface area (Å²) in [6, 6.07) is 12.2. The maximum Gasteiger partial charge on any atom is 0.294 e. The van der Waals surface area contributed by atoms with Crippen LogP contribution in [0.25, 0.3) is 0 Å². The number of nitrogens with one attached hydrogen (secondary N) is 1. The van der Waals surface area contributed by atoms with E-state index in [9.17, 15) is 10.1 Å². The average molecular weight is 263 g/mol. The van der Waals surface area contributed by atoms with Gasteiger partial charge < -0.3 is 5.32 Å². The van der Waals surface area contributed by atoms with Gasteiger partial charge in [-0.05, 0) is 31.2 Å². The molecule has 18 heavy (non-hydrogen) atoms.